The molecule has 0 saturated heterocycles. The lowest BCUT2D eigenvalue weighted by molar-refractivity contribution is 0.102. The Bertz CT molecular complexity index is 990. The summed E-state index contributed by atoms with van der Waals surface area (Å²) in [6, 6.07) is 16.9. The molecule has 0 aliphatic heterocycles. The summed E-state index contributed by atoms with van der Waals surface area (Å²) in [6.45, 7) is 4.15. The van der Waals surface area contributed by atoms with Crippen LogP contribution < -0.4 is 10.6 Å². The largest absolute Gasteiger partial charge is 0.323 e. The van der Waals surface area contributed by atoms with E-state index in [2.05, 4.69) is 40.5 Å². The van der Waals surface area contributed by atoms with E-state index in [0.717, 1.165) is 11.3 Å². The number of benzene rings is 2. The van der Waals surface area contributed by atoms with E-state index in [1.54, 1.807) is 18.2 Å². The lowest BCUT2D eigenvalue weighted by atomic mass is 10.0. The van der Waals surface area contributed by atoms with Gasteiger partial charge in [-0.3, -0.25) is 4.79 Å². The van der Waals surface area contributed by atoms with Crippen molar-refractivity contribution in [1.29, 1.82) is 5.26 Å². The van der Waals surface area contributed by atoms with E-state index in [4.69, 9.17) is 5.26 Å². The van der Waals surface area contributed by atoms with E-state index in [0.29, 0.717) is 28.7 Å². The van der Waals surface area contributed by atoms with Crippen LogP contribution in [0.4, 0.5) is 17.3 Å². The fourth-order valence-electron chi connectivity index (χ4n) is 2.63. The molecule has 1 aromatic heterocycles. The maximum absolute atomic E-state index is 12.5. The number of hydrogen-bond donors (Lipinski definition) is 2. The molecule has 3 rings (SSSR count). The van der Waals surface area contributed by atoms with Crippen LogP contribution in [0.25, 0.3) is 0 Å². The van der Waals surface area contributed by atoms with E-state index in [1.165, 1.54) is 12.4 Å². The molecular weight excluding hydrogens is 338 g/mol. The van der Waals surface area contributed by atoms with Gasteiger partial charge in [-0.15, -0.1) is 0 Å². The maximum Gasteiger partial charge on any atom is 0.258 e. The van der Waals surface area contributed by atoms with Crippen LogP contribution in [0.5, 0.6) is 0 Å². The van der Waals surface area contributed by atoms with Crippen LogP contribution in [0.3, 0.4) is 0 Å². The van der Waals surface area contributed by atoms with E-state index >= 15 is 0 Å². The molecule has 6 nitrogen and oxygen atoms in total. The summed E-state index contributed by atoms with van der Waals surface area (Å²) in [5.41, 5.74) is 3.31. The van der Waals surface area contributed by atoms with Gasteiger partial charge in [-0.2, -0.15) is 5.26 Å². The molecule has 3 aromatic rings. The summed E-state index contributed by atoms with van der Waals surface area (Å²) >= 11 is 0. The number of para-hydroxylation sites is 2. The Labute approximate surface area is 157 Å². The molecule has 0 unspecified atom stereocenters. The normalized spacial score (nSPS) is 10.3. The summed E-state index contributed by atoms with van der Waals surface area (Å²) in [5, 5.41) is 15.0. The second-order valence-corrected chi connectivity index (χ2v) is 6.27. The lowest BCUT2D eigenvalue weighted by Gasteiger charge is -2.13. The second kappa shape index (κ2) is 8.11. The number of nitrogens with one attached hydrogen (secondary N) is 2. The van der Waals surface area contributed by atoms with Crippen molar-refractivity contribution in [2.24, 2.45) is 0 Å². The number of aromatic nitrogens is 2. The number of hydrogen-bond acceptors (Lipinski definition) is 5. The lowest BCUT2D eigenvalue weighted by Crippen LogP contribution is -2.14. The minimum absolute atomic E-state index is 0.271. The number of amides is 1. The highest BCUT2D eigenvalue weighted by Crippen LogP contribution is 2.24. The molecule has 0 spiro atoms. The first-order valence-electron chi connectivity index (χ1n) is 8.57. The highest BCUT2D eigenvalue weighted by atomic mass is 16.1. The molecule has 0 aliphatic rings. The summed E-state index contributed by atoms with van der Waals surface area (Å²) in [7, 11) is 0. The highest BCUT2D eigenvalue weighted by Gasteiger charge is 2.12. The van der Waals surface area contributed by atoms with Crippen molar-refractivity contribution in [3.05, 3.63) is 77.6 Å². The van der Waals surface area contributed by atoms with Gasteiger partial charge < -0.3 is 10.6 Å². The Balaban J connectivity index is 1.74. The molecule has 2 N–H and O–H groups in total. The van der Waals surface area contributed by atoms with Crippen molar-refractivity contribution in [3.8, 4) is 6.07 Å². The molecule has 0 aliphatic carbocycles. The Kier molecular flexibility index (Phi) is 5.43. The first-order chi connectivity index (χ1) is 13.1. The van der Waals surface area contributed by atoms with Crippen LogP contribution in [0.1, 0.15) is 41.3 Å². The van der Waals surface area contributed by atoms with E-state index in [-0.39, 0.29) is 5.91 Å². The van der Waals surface area contributed by atoms with Crippen molar-refractivity contribution < 1.29 is 4.79 Å². The average Bonchev–Trinajstić information content (AvgIpc) is 2.69. The molecule has 6 heteroatoms. The molecule has 0 radical (unpaired) electrons. The van der Waals surface area contributed by atoms with Gasteiger partial charge in [-0.05, 0) is 29.7 Å². The quantitative estimate of drug-likeness (QED) is 0.703. The Morgan fingerprint density at radius 2 is 1.63 bits per heavy atom. The summed E-state index contributed by atoms with van der Waals surface area (Å²) < 4.78 is 0. The SMILES string of the molecule is CC(C)c1ccccc1NC(=O)c1cnc(Nc2ccccc2C#N)nc1. The Morgan fingerprint density at radius 1 is 1.00 bits per heavy atom. The molecule has 0 bridgehead atoms. The smallest absolute Gasteiger partial charge is 0.258 e. The Morgan fingerprint density at radius 3 is 2.30 bits per heavy atom. The predicted octanol–water partition coefficient (Wildman–Crippen LogP) is 4.47. The van der Waals surface area contributed by atoms with Crippen molar-refractivity contribution in [2.45, 2.75) is 19.8 Å². The van der Waals surface area contributed by atoms with Crippen LogP contribution >= 0.6 is 0 Å². The first kappa shape index (κ1) is 18.1. The zero-order valence-corrected chi connectivity index (χ0v) is 15.1. The monoisotopic (exact) mass is 357 g/mol. The van der Waals surface area contributed by atoms with E-state index in [9.17, 15) is 4.79 Å². The zero-order chi connectivity index (χ0) is 19.2. The molecule has 27 heavy (non-hydrogen) atoms. The number of rotatable bonds is 5. The number of anilines is 3. The van der Waals surface area contributed by atoms with Gasteiger partial charge in [0.25, 0.3) is 5.91 Å². The fraction of sp³-hybridized carbons (Fsp3) is 0.143. The average molecular weight is 357 g/mol. The molecular formula is C21H19N5O. The third kappa shape index (κ3) is 4.28. The van der Waals surface area contributed by atoms with Crippen LogP contribution in [-0.4, -0.2) is 15.9 Å². The molecule has 0 atom stereocenters. The van der Waals surface area contributed by atoms with Crippen molar-refractivity contribution in [3.63, 3.8) is 0 Å². The van der Waals surface area contributed by atoms with Crippen LogP contribution in [0.2, 0.25) is 0 Å². The minimum Gasteiger partial charge on any atom is -0.323 e. The van der Waals surface area contributed by atoms with E-state index < -0.39 is 0 Å². The highest BCUT2D eigenvalue weighted by molar-refractivity contribution is 6.04. The minimum atomic E-state index is -0.271. The van der Waals surface area contributed by atoms with Crippen molar-refractivity contribution in [1.82, 2.24) is 9.97 Å². The number of nitrogens with zero attached hydrogens (tertiary/aromatic N) is 3. The first-order valence-corrected chi connectivity index (χ1v) is 8.57. The van der Waals surface area contributed by atoms with Gasteiger partial charge in [0.1, 0.15) is 6.07 Å². The summed E-state index contributed by atoms with van der Waals surface area (Å²) in [5.74, 6) is 0.341. The molecule has 134 valence electrons. The number of nitriles is 1. The van der Waals surface area contributed by atoms with Gasteiger partial charge in [0.2, 0.25) is 5.95 Å². The van der Waals surface area contributed by atoms with Gasteiger partial charge in [-0.25, -0.2) is 9.97 Å². The van der Waals surface area contributed by atoms with Gasteiger partial charge >= 0.3 is 0 Å². The van der Waals surface area contributed by atoms with Crippen molar-refractivity contribution in [2.75, 3.05) is 10.6 Å². The van der Waals surface area contributed by atoms with Crippen LogP contribution in [-0.2, 0) is 0 Å². The van der Waals surface area contributed by atoms with Crippen LogP contribution in [0, 0.1) is 11.3 Å². The summed E-state index contributed by atoms with van der Waals surface area (Å²) in [4.78, 5) is 20.9. The third-order valence-corrected chi connectivity index (χ3v) is 4.04. The third-order valence-electron chi connectivity index (χ3n) is 4.04. The van der Waals surface area contributed by atoms with Gasteiger partial charge in [0, 0.05) is 18.1 Å². The number of carbonyl (C=O) groups is 1. The molecule has 2 aromatic carbocycles. The Hall–Kier alpha value is -3.72. The fourth-order valence-corrected chi connectivity index (χ4v) is 2.63. The molecule has 0 fully saturated rings. The molecule has 1 heterocycles. The summed E-state index contributed by atoms with van der Waals surface area (Å²) in [6.07, 6.45) is 2.91. The molecule has 1 amide bonds. The van der Waals surface area contributed by atoms with Gasteiger partial charge in [0.15, 0.2) is 0 Å². The second-order valence-electron chi connectivity index (χ2n) is 6.27. The van der Waals surface area contributed by atoms with E-state index in [1.807, 2.05) is 30.3 Å². The van der Waals surface area contributed by atoms with Gasteiger partial charge in [-0.1, -0.05) is 44.2 Å². The van der Waals surface area contributed by atoms with Gasteiger partial charge in [0.05, 0.1) is 16.8 Å². The van der Waals surface area contributed by atoms with Crippen LogP contribution in [0.15, 0.2) is 60.9 Å². The standard InChI is InChI=1S/C21H19N5O/c1-14(2)17-8-4-6-10-19(17)25-20(27)16-12-23-21(24-13-16)26-18-9-5-3-7-15(18)11-22/h3-10,12-14H,1-2H3,(H,25,27)(H,23,24,26). The predicted molar refractivity (Wildman–Crippen MR) is 105 cm³/mol. The molecule has 0 saturated carbocycles. The topological polar surface area (TPSA) is 90.7 Å². The van der Waals surface area contributed by atoms with Crippen molar-refractivity contribution >= 4 is 23.2 Å². The maximum atomic E-state index is 12.5. The zero-order valence-electron chi connectivity index (χ0n) is 15.1. The number of carbonyl (C=O) groups excluding carboxylic acids is 1.